The third-order valence-corrected chi connectivity index (χ3v) is 4.94. The molecule has 0 aliphatic heterocycles. The standard InChI is InChI=1S/C22H23NO2S.C2H2O4/c1-24-21-12-11-18(15-23-19-9-6-10-20(14-19)26-2)13-22(21)25-16-17-7-4-3-5-8-17;3-1(4)2(5)6/h3-14,23H,15-16H2,1-2H3;(H,3,4)(H,5,6). The van der Waals surface area contributed by atoms with E-state index in [1.54, 1.807) is 18.9 Å². The number of anilines is 1. The van der Waals surface area contributed by atoms with Crippen LogP contribution in [0.2, 0.25) is 0 Å². The van der Waals surface area contributed by atoms with Crippen LogP contribution in [0.5, 0.6) is 11.5 Å². The summed E-state index contributed by atoms with van der Waals surface area (Å²) >= 11 is 1.74. The summed E-state index contributed by atoms with van der Waals surface area (Å²) < 4.78 is 11.4. The molecule has 8 heteroatoms. The Morgan fingerprint density at radius 1 is 0.875 bits per heavy atom. The molecular weight excluding hydrogens is 430 g/mol. The maximum absolute atomic E-state index is 9.10. The second kappa shape index (κ2) is 12.9. The van der Waals surface area contributed by atoms with Gasteiger partial charge in [-0.15, -0.1) is 11.8 Å². The van der Waals surface area contributed by atoms with Crippen molar-refractivity contribution in [2.75, 3.05) is 18.7 Å². The number of benzene rings is 3. The molecule has 0 heterocycles. The molecule has 3 N–H and O–H groups in total. The maximum atomic E-state index is 9.10. The highest BCUT2D eigenvalue weighted by molar-refractivity contribution is 7.98. The number of ether oxygens (including phenoxy) is 2. The van der Waals surface area contributed by atoms with Crippen LogP contribution in [-0.4, -0.2) is 35.5 Å². The molecule has 0 aromatic heterocycles. The average molecular weight is 456 g/mol. The van der Waals surface area contributed by atoms with Gasteiger partial charge in [-0.1, -0.05) is 42.5 Å². The topological polar surface area (TPSA) is 105 Å². The predicted octanol–water partition coefficient (Wildman–Crippen LogP) is 4.76. The molecule has 0 fully saturated rings. The quantitative estimate of drug-likeness (QED) is 0.330. The van der Waals surface area contributed by atoms with Gasteiger partial charge < -0.3 is 25.0 Å². The van der Waals surface area contributed by atoms with E-state index >= 15 is 0 Å². The zero-order chi connectivity index (χ0) is 23.3. The lowest BCUT2D eigenvalue weighted by atomic mass is 10.2. The fourth-order valence-corrected chi connectivity index (χ4v) is 3.08. The zero-order valence-corrected chi connectivity index (χ0v) is 18.6. The summed E-state index contributed by atoms with van der Waals surface area (Å²) in [6.07, 6.45) is 2.08. The minimum atomic E-state index is -1.82. The Kier molecular flexibility index (Phi) is 9.93. The molecule has 3 aromatic carbocycles. The minimum absolute atomic E-state index is 0.518. The number of carbonyl (C=O) groups is 2. The second-order valence-corrected chi connectivity index (χ2v) is 7.33. The van der Waals surface area contributed by atoms with Crippen molar-refractivity contribution in [3.05, 3.63) is 83.9 Å². The zero-order valence-electron chi connectivity index (χ0n) is 17.8. The van der Waals surface area contributed by atoms with E-state index in [4.69, 9.17) is 29.3 Å². The molecule has 0 saturated heterocycles. The molecule has 0 amide bonds. The van der Waals surface area contributed by atoms with Gasteiger partial charge in [0.2, 0.25) is 0 Å². The van der Waals surface area contributed by atoms with Gasteiger partial charge in [0.1, 0.15) is 6.61 Å². The van der Waals surface area contributed by atoms with Crippen LogP contribution in [0.1, 0.15) is 11.1 Å². The molecule has 0 saturated carbocycles. The molecule has 32 heavy (non-hydrogen) atoms. The molecule has 0 aliphatic rings. The van der Waals surface area contributed by atoms with Crippen LogP contribution in [0, 0.1) is 0 Å². The molecule has 7 nitrogen and oxygen atoms in total. The first-order valence-corrected chi connectivity index (χ1v) is 10.8. The van der Waals surface area contributed by atoms with Crippen molar-refractivity contribution in [3.8, 4) is 11.5 Å². The molecule has 0 unspecified atom stereocenters. The van der Waals surface area contributed by atoms with Gasteiger partial charge in [0.15, 0.2) is 11.5 Å². The van der Waals surface area contributed by atoms with E-state index in [-0.39, 0.29) is 0 Å². The van der Waals surface area contributed by atoms with Gasteiger partial charge in [-0.25, -0.2) is 9.59 Å². The summed E-state index contributed by atoms with van der Waals surface area (Å²) in [6, 6.07) is 24.6. The molecule has 0 spiro atoms. The summed E-state index contributed by atoms with van der Waals surface area (Å²) in [4.78, 5) is 19.4. The van der Waals surface area contributed by atoms with Crippen LogP contribution in [0.4, 0.5) is 5.69 Å². The van der Waals surface area contributed by atoms with Crippen molar-refractivity contribution >= 4 is 29.4 Å². The fourth-order valence-electron chi connectivity index (χ4n) is 2.62. The Bertz CT molecular complexity index is 1010. The number of aliphatic carboxylic acids is 2. The Morgan fingerprint density at radius 2 is 1.59 bits per heavy atom. The van der Waals surface area contributed by atoms with Gasteiger partial charge in [-0.3, -0.25) is 0 Å². The summed E-state index contributed by atoms with van der Waals surface area (Å²) in [5.41, 5.74) is 3.38. The van der Waals surface area contributed by atoms with Crippen LogP contribution in [-0.2, 0) is 22.7 Å². The lowest BCUT2D eigenvalue weighted by molar-refractivity contribution is -0.159. The lowest BCUT2D eigenvalue weighted by Crippen LogP contribution is -2.09. The van der Waals surface area contributed by atoms with Crippen molar-refractivity contribution in [2.45, 2.75) is 18.0 Å². The normalized spacial score (nSPS) is 9.81. The highest BCUT2D eigenvalue weighted by Crippen LogP contribution is 2.29. The van der Waals surface area contributed by atoms with Crippen molar-refractivity contribution in [1.29, 1.82) is 0 Å². The van der Waals surface area contributed by atoms with E-state index in [2.05, 4.69) is 54.0 Å². The summed E-state index contributed by atoms with van der Waals surface area (Å²) in [5, 5.41) is 18.2. The highest BCUT2D eigenvalue weighted by atomic mass is 32.2. The van der Waals surface area contributed by atoms with Gasteiger partial charge in [0.25, 0.3) is 0 Å². The Hall–Kier alpha value is -3.65. The monoisotopic (exact) mass is 455 g/mol. The third-order valence-electron chi connectivity index (χ3n) is 4.21. The van der Waals surface area contributed by atoms with E-state index in [0.717, 1.165) is 34.9 Å². The summed E-state index contributed by atoms with van der Waals surface area (Å²) in [7, 11) is 1.66. The fraction of sp³-hybridized carbons (Fsp3) is 0.167. The van der Waals surface area contributed by atoms with Crippen LogP contribution < -0.4 is 14.8 Å². The number of hydrogen-bond donors (Lipinski definition) is 3. The molecule has 3 aromatic rings. The highest BCUT2D eigenvalue weighted by Gasteiger charge is 2.07. The molecule has 0 aliphatic carbocycles. The first kappa shape index (κ1) is 24.6. The molecule has 168 valence electrons. The summed E-state index contributed by atoms with van der Waals surface area (Å²) in [5.74, 6) is -2.15. The van der Waals surface area contributed by atoms with Crippen LogP contribution >= 0.6 is 11.8 Å². The van der Waals surface area contributed by atoms with E-state index in [1.165, 1.54) is 4.90 Å². The Labute approximate surface area is 191 Å². The molecule has 0 radical (unpaired) electrons. The van der Waals surface area contributed by atoms with Crippen molar-refractivity contribution < 1.29 is 29.3 Å². The van der Waals surface area contributed by atoms with E-state index in [1.807, 2.05) is 30.3 Å². The predicted molar refractivity (Wildman–Crippen MR) is 125 cm³/mol. The Balaban J connectivity index is 0.000000534. The van der Waals surface area contributed by atoms with E-state index in [0.29, 0.717) is 6.61 Å². The van der Waals surface area contributed by atoms with Gasteiger partial charge >= 0.3 is 11.9 Å². The van der Waals surface area contributed by atoms with E-state index in [9.17, 15) is 0 Å². The van der Waals surface area contributed by atoms with Gasteiger partial charge in [-0.2, -0.15) is 0 Å². The number of thioether (sulfide) groups is 1. The number of rotatable bonds is 8. The molecular formula is C24H25NO6S. The van der Waals surface area contributed by atoms with Crippen LogP contribution in [0.25, 0.3) is 0 Å². The molecule has 0 bridgehead atoms. The minimum Gasteiger partial charge on any atom is -0.493 e. The number of carboxylic acids is 2. The number of methoxy groups -OCH3 is 1. The van der Waals surface area contributed by atoms with Crippen molar-refractivity contribution in [3.63, 3.8) is 0 Å². The first-order valence-electron chi connectivity index (χ1n) is 9.60. The van der Waals surface area contributed by atoms with Crippen molar-refractivity contribution in [2.24, 2.45) is 0 Å². The van der Waals surface area contributed by atoms with E-state index < -0.39 is 11.9 Å². The lowest BCUT2D eigenvalue weighted by Gasteiger charge is -2.13. The molecule has 0 atom stereocenters. The third kappa shape index (κ3) is 8.23. The largest absolute Gasteiger partial charge is 0.493 e. The SMILES string of the molecule is COc1ccc(CNc2cccc(SC)c2)cc1OCc1ccccc1.O=C(O)C(=O)O. The van der Waals surface area contributed by atoms with Crippen LogP contribution in [0.3, 0.4) is 0 Å². The van der Waals surface area contributed by atoms with Gasteiger partial charge in [0, 0.05) is 17.1 Å². The molecule has 3 rings (SSSR count). The Morgan fingerprint density at radius 3 is 2.22 bits per heavy atom. The number of hydrogen-bond acceptors (Lipinski definition) is 6. The number of carboxylic acid groups (broad SMARTS) is 2. The first-order chi connectivity index (χ1) is 15.4. The second-order valence-electron chi connectivity index (χ2n) is 6.46. The number of nitrogens with one attached hydrogen (secondary N) is 1. The summed E-state index contributed by atoms with van der Waals surface area (Å²) in [6.45, 7) is 1.24. The maximum Gasteiger partial charge on any atom is 0.414 e. The van der Waals surface area contributed by atoms with Gasteiger partial charge in [-0.05, 0) is 47.7 Å². The van der Waals surface area contributed by atoms with Crippen molar-refractivity contribution in [1.82, 2.24) is 0 Å². The van der Waals surface area contributed by atoms with Crippen LogP contribution in [0.15, 0.2) is 77.7 Å². The smallest absolute Gasteiger partial charge is 0.414 e. The van der Waals surface area contributed by atoms with Gasteiger partial charge in [0.05, 0.1) is 7.11 Å². The average Bonchev–Trinajstić information content (AvgIpc) is 2.82.